The predicted molar refractivity (Wildman–Crippen MR) is 78.9 cm³/mol. The lowest BCUT2D eigenvalue weighted by Crippen LogP contribution is -1.95. The lowest BCUT2D eigenvalue weighted by atomic mass is 10.0. The number of carboxylic acids is 1. The van der Waals surface area contributed by atoms with E-state index in [1.165, 1.54) is 23.5 Å². The number of nitriles is 1. The van der Waals surface area contributed by atoms with Crippen molar-refractivity contribution in [2.75, 3.05) is 0 Å². The quantitative estimate of drug-likeness (QED) is 0.853. The largest absolute Gasteiger partial charge is 0.478 e. The van der Waals surface area contributed by atoms with Crippen molar-refractivity contribution in [3.05, 3.63) is 56.2 Å². The fourth-order valence-corrected chi connectivity index (χ4v) is 2.89. The number of aromatic carboxylic acids is 1. The molecule has 3 nitrogen and oxygen atoms in total. The maximum Gasteiger partial charge on any atom is 0.335 e. The zero-order valence-corrected chi connectivity index (χ0v) is 12.0. The lowest BCUT2D eigenvalue weighted by Gasteiger charge is -1.99. The normalized spacial score (nSPS) is 11.1. The molecule has 0 spiro atoms. The van der Waals surface area contributed by atoms with E-state index >= 15 is 0 Å². The molecule has 1 heterocycles. The van der Waals surface area contributed by atoms with Gasteiger partial charge in [-0.05, 0) is 51.8 Å². The number of carboxylic acid groups (broad SMARTS) is 1. The molecule has 0 aliphatic rings. The maximum atomic E-state index is 10.8. The summed E-state index contributed by atoms with van der Waals surface area (Å²) in [6, 6.07) is 12.2. The van der Waals surface area contributed by atoms with Crippen LogP contribution in [0.5, 0.6) is 0 Å². The van der Waals surface area contributed by atoms with Crippen LogP contribution < -0.4 is 0 Å². The Morgan fingerprint density at radius 1 is 1.21 bits per heavy atom. The summed E-state index contributed by atoms with van der Waals surface area (Å²) in [6.07, 6.45) is 1.78. The monoisotopic (exact) mass is 333 g/mol. The highest BCUT2D eigenvalue weighted by atomic mass is 79.9. The summed E-state index contributed by atoms with van der Waals surface area (Å²) in [5, 5.41) is 18.0. The number of allylic oxidation sites excluding steroid dienone is 1. The Kier molecular flexibility index (Phi) is 4.15. The van der Waals surface area contributed by atoms with Crippen molar-refractivity contribution in [1.29, 1.82) is 5.26 Å². The summed E-state index contributed by atoms with van der Waals surface area (Å²) in [4.78, 5) is 11.7. The predicted octanol–water partition coefficient (Wildman–Crippen LogP) is 4.27. The van der Waals surface area contributed by atoms with Gasteiger partial charge < -0.3 is 5.11 Å². The van der Waals surface area contributed by atoms with Gasteiger partial charge in [-0.3, -0.25) is 0 Å². The molecule has 94 valence electrons. The molecule has 0 saturated carbocycles. The first-order chi connectivity index (χ1) is 9.10. The van der Waals surface area contributed by atoms with Gasteiger partial charge in [0.25, 0.3) is 0 Å². The van der Waals surface area contributed by atoms with Crippen LogP contribution in [0, 0.1) is 11.3 Å². The van der Waals surface area contributed by atoms with Crippen LogP contribution in [-0.2, 0) is 0 Å². The molecule has 0 aliphatic carbocycles. The second-order valence-corrected chi connectivity index (χ2v) is 6.19. The van der Waals surface area contributed by atoms with Gasteiger partial charge in [0.2, 0.25) is 0 Å². The standard InChI is InChI=1S/C14H8BrNO2S/c15-13-6-5-12(19-13)7-11(8-16)9-1-3-10(4-2-9)14(17)18/h1-7H,(H,17,18)/b11-7+. The van der Waals surface area contributed by atoms with Crippen molar-refractivity contribution in [2.45, 2.75) is 0 Å². The van der Waals surface area contributed by atoms with Crippen molar-refractivity contribution in [3.63, 3.8) is 0 Å². The molecule has 0 saturated heterocycles. The van der Waals surface area contributed by atoms with E-state index < -0.39 is 5.97 Å². The highest BCUT2D eigenvalue weighted by molar-refractivity contribution is 9.11. The second kappa shape index (κ2) is 5.83. The Morgan fingerprint density at radius 2 is 1.84 bits per heavy atom. The molecule has 1 aromatic heterocycles. The number of hydrogen-bond acceptors (Lipinski definition) is 3. The van der Waals surface area contributed by atoms with Gasteiger partial charge in [0, 0.05) is 4.88 Å². The molecule has 0 unspecified atom stereocenters. The fourth-order valence-electron chi connectivity index (χ4n) is 1.52. The molecule has 0 amide bonds. The maximum absolute atomic E-state index is 10.8. The number of hydrogen-bond donors (Lipinski definition) is 1. The Balaban J connectivity index is 2.35. The minimum absolute atomic E-state index is 0.208. The minimum Gasteiger partial charge on any atom is -0.478 e. The Labute approximate surface area is 122 Å². The van der Waals surface area contributed by atoms with Crippen molar-refractivity contribution in [1.82, 2.24) is 0 Å². The van der Waals surface area contributed by atoms with Crippen LogP contribution in [0.15, 0.2) is 40.2 Å². The van der Waals surface area contributed by atoms with Crippen molar-refractivity contribution >= 4 is 44.9 Å². The third-order valence-corrected chi connectivity index (χ3v) is 4.01. The molecule has 0 aliphatic heterocycles. The summed E-state index contributed by atoms with van der Waals surface area (Å²) < 4.78 is 0.997. The molecule has 2 aromatic rings. The molecule has 1 aromatic carbocycles. The third kappa shape index (κ3) is 3.31. The van der Waals surface area contributed by atoms with Crippen LogP contribution in [0.3, 0.4) is 0 Å². The van der Waals surface area contributed by atoms with Gasteiger partial charge in [0.1, 0.15) is 0 Å². The van der Waals surface area contributed by atoms with Crippen molar-refractivity contribution in [2.24, 2.45) is 0 Å². The summed E-state index contributed by atoms with van der Waals surface area (Å²) in [5.74, 6) is -0.976. The van der Waals surface area contributed by atoms with Crippen molar-refractivity contribution in [3.8, 4) is 6.07 Å². The average Bonchev–Trinajstić information content (AvgIpc) is 2.81. The summed E-state index contributed by atoms with van der Waals surface area (Å²) >= 11 is 4.90. The third-order valence-electron chi connectivity index (χ3n) is 2.44. The molecule has 19 heavy (non-hydrogen) atoms. The van der Waals surface area contributed by atoms with Gasteiger partial charge in [-0.1, -0.05) is 12.1 Å². The first-order valence-corrected chi connectivity index (χ1v) is 6.92. The molecule has 0 fully saturated rings. The Hall–Kier alpha value is -1.90. The van der Waals surface area contributed by atoms with Gasteiger partial charge in [-0.15, -0.1) is 11.3 Å². The topological polar surface area (TPSA) is 61.1 Å². The second-order valence-electron chi connectivity index (χ2n) is 3.69. The van der Waals surface area contributed by atoms with Gasteiger partial charge in [-0.2, -0.15) is 5.26 Å². The molecule has 1 N–H and O–H groups in total. The number of rotatable bonds is 3. The number of carbonyl (C=O) groups is 1. The van der Waals surface area contributed by atoms with E-state index in [0.717, 1.165) is 8.66 Å². The number of nitrogens with zero attached hydrogens (tertiary/aromatic N) is 1. The smallest absolute Gasteiger partial charge is 0.335 e. The van der Waals surface area contributed by atoms with E-state index in [-0.39, 0.29) is 5.56 Å². The van der Waals surface area contributed by atoms with E-state index in [1.807, 2.05) is 12.1 Å². The van der Waals surface area contributed by atoms with E-state index in [0.29, 0.717) is 11.1 Å². The first-order valence-electron chi connectivity index (χ1n) is 5.31. The van der Waals surface area contributed by atoms with Crippen LogP contribution in [0.1, 0.15) is 20.8 Å². The SMILES string of the molecule is N#C/C(=C\c1ccc(Br)s1)c1ccc(C(=O)O)cc1. The van der Waals surface area contributed by atoms with Crippen LogP contribution in [0.4, 0.5) is 0 Å². The number of halogens is 1. The Morgan fingerprint density at radius 3 is 2.32 bits per heavy atom. The van der Waals surface area contributed by atoms with Gasteiger partial charge >= 0.3 is 5.97 Å². The summed E-state index contributed by atoms with van der Waals surface area (Å²) in [5.41, 5.74) is 1.42. The van der Waals surface area contributed by atoms with E-state index in [4.69, 9.17) is 5.11 Å². The van der Waals surface area contributed by atoms with E-state index in [9.17, 15) is 10.1 Å². The molecule has 0 atom stereocenters. The van der Waals surface area contributed by atoms with Gasteiger partial charge in [0.15, 0.2) is 0 Å². The zero-order chi connectivity index (χ0) is 13.8. The fraction of sp³-hybridized carbons (Fsp3) is 0. The van der Waals surface area contributed by atoms with Gasteiger partial charge in [0.05, 0.1) is 21.0 Å². The molecular formula is C14H8BrNO2S. The molecule has 2 rings (SSSR count). The van der Waals surface area contributed by atoms with E-state index in [2.05, 4.69) is 22.0 Å². The minimum atomic E-state index is -0.976. The number of thiophene rings is 1. The molecule has 0 radical (unpaired) electrons. The zero-order valence-electron chi connectivity index (χ0n) is 9.63. The summed E-state index contributed by atoms with van der Waals surface area (Å²) in [7, 11) is 0. The van der Waals surface area contributed by atoms with Gasteiger partial charge in [-0.25, -0.2) is 4.79 Å². The number of benzene rings is 1. The van der Waals surface area contributed by atoms with Crippen LogP contribution >= 0.6 is 27.3 Å². The van der Waals surface area contributed by atoms with Crippen molar-refractivity contribution < 1.29 is 9.90 Å². The van der Waals surface area contributed by atoms with Crippen LogP contribution in [0.2, 0.25) is 0 Å². The average molecular weight is 334 g/mol. The first kappa shape index (κ1) is 13.5. The van der Waals surface area contributed by atoms with E-state index in [1.54, 1.807) is 18.2 Å². The van der Waals surface area contributed by atoms with Crippen LogP contribution in [0.25, 0.3) is 11.6 Å². The molecule has 5 heteroatoms. The highest BCUT2D eigenvalue weighted by Crippen LogP contribution is 2.26. The molecular weight excluding hydrogens is 326 g/mol. The summed E-state index contributed by atoms with van der Waals surface area (Å²) in [6.45, 7) is 0. The highest BCUT2D eigenvalue weighted by Gasteiger charge is 2.05. The molecule has 0 bridgehead atoms. The lowest BCUT2D eigenvalue weighted by molar-refractivity contribution is 0.0697. The van der Waals surface area contributed by atoms with Crippen LogP contribution in [-0.4, -0.2) is 11.1 Å². The Bertz CT molecular complexity index is 680.